The van der Waals surface area contributed by atoms with Gasteiger partial charge in [-0.05, 0) is 37.1 Å². The van der Waals surface area contributed by atoms with Crippen LogP contribution in [0.2, 0.25) is 0 Å². The molecule has 8 aromatic rings. The second kappa shape index (κ2) is 18.2. The molecule has 0 N–H and O–H groups in total. The number of hydrogen-bond donors (Lipinski definition) is 0. The minimum atomic E-state index is -1.70. The Hall–Kier alpha value is -7.76. The first-order valence-corrected chi connectivity index (χ1v) is 18.7. The monoisotopic (exact) mass is 812 g/mol. The average Bonchev–Trinajstić information content (AvgIpc) is 3.92. The molecule has 0 fully saturated rings. The van der Waals surface area contributed by atoms with Gasteiger partial charge in [-0.2, -0.15) is 20.4 Å². The predicted molar refractivity (Wildman–Crippen MR) is 216 cm³/mol. The molecule has 60 heavy (non-hydrogen) atoms. The van der Waals surface area contributed by atoms with Crippen LogP contribution in [0.3, 0.4) is 0 Å². The first kappa shape index (κ1) is 40.4. The third kappa shape index (κ3) is 9.33. The Morgan fingerprint density at radius 3 is 1.33 bits per heavy atom. The number of nitrogens with zero attached hydrogens (tertiary/aromatic N) is 12. The molecule has 2 unspecified atom stereocenters. The summed E-state index contributed by atoms with van der Waals surface area (Å²) in [5.74, 6) is 1.98. The lowest BCUT2D eigenvalue weighted by Gasteiger charge is -2.11. The van der Waals surface area contributed by atoms with E-state index in [0.29, 0.717) is 70.0 Å². The number of aromatic nitrogens is 12. The molecule has 6 heterocycles. The van der Waals surface area contributed by atoms with Gasteiger partial charge in [-0.1, -0.05) is 36.4 Å². The molecule has 16 nitrogen and oxygen atoms in total. The zero-order valence-electron chi connectivity index (χ0n) is 32.9. The normalized spacial score (nSPS) is 12.0. The fraction of sp³-hybridized carbons (Fsp3) is 0.190. The van der Waals surface area contributed by atoms with Gasteiger partial charge in [-0.15, -0.1) is 0 Å². The molecule has 2 atom stereocenters. The SMILES string of the molecule is CCOc1cnc(-c2cccc(C(F)c3nn(-c4cnn(C)c4)ccc3=O)c2)nc1.CCOc1cnc(-c2cccc(C(F)c3nn(-c4cnn(C)c4)ccc3=O)c2)nc1. The Labute approximate surface area is 341 Å². The molecule has 0 saturated carbocycles. The van der Waals surface area contributed by atoms with Crippen LogP contribution >= 0.6 is 0 Å². The first-order chi connectivity index (χ1) is 29.1. The molecule has 0 aliphatic rings. The highest BCUT2D eigenvalue weighted by molar-refractivity contribution is 5.57. The smallest absolute Gasteiger partial charge is 0.206 e. The van der Waals surface area contributed by atoms with Crippen molar-refractivity contribution in [3.05, 3.63) is 166 Å². The van der Waals surface area contributed by atoms with E-state index in [4.69, 9.17) is 9.47 Å². The maximum Gasteiger partial charge on any atom is 0.206 e. The van der Waals surface area contributed by atoms with Crippen LogP contribution in [0, 0.1) is 0 Å². The van der Waals surface area contributed by atoms with E-state index in [1.54, 1.807) is 122 Å². The van der Waals surface area contributed by atoms with Crippen molar-refractivity contribution in [3.63, 3.8) is 0 Å². The Bertz CT molecular complexity index is 2630. The second-order valence-electron chi connectivity index (χ2n) is 13.1. The summed E-state index contributed by atoms with van der Waals surface area (Å²) in [5.41, 5.74) is 1.72. The van der Waals surface area contributed by atoms with Crippen LogP contribution in [-0.4, -0.2) is 72.3 Å². The number of hydrogen-bond acceptors (Lipinski definition) is 12. The largest absolute Gasteiger partial charge is 0.491 e. The van der Waals surface area contributed by atoms with E-state index in [1.165, 1.54) is 33.9 Å². The Balaban J connectivity index is 0.000000181. The van der Waals surface area contributed by atoms with Crippen LogP contribution in [-0.2, 0) is 14.1 Å². The highest BCUT2D eigenvalue weighted by Gasteiger charge is 2.22. The van der Waals surface area contributed by atoms with Crippen molar-refractivity contribution in [2.24, 2.45) is 14.1 Å². The fourth-order valence-corrected chi connectivity index (χ4v) is 5.94. The predicted octanol–water partition coefficient (Wildman–Crippen LogP) is 5.76. The lowest BCUT2D eigenvalue weighted by molar-refractivity contribution is 0.337. The summed E-state index contributed by atoms with van der Waals surface area (Å²) < 4.78 is 47.4. The molecular weight excluding hydrogens is 775 g/mol. The Morgan fingerprint density at radius 2 is 0.983 bits per heavy atom. The van der Waals surface area contributed by atoms with E-state index in [1.807, 2.05) is 13.8 Å². The standard InChI is InChI=1S/2C21H19FN6O2/c2*1-3-30-17-11-23-21(24-12-17)15-6-4-5-14(9-15)19(22)20-18(29)7-8-28(26-20)16-10-25-27(2)13-16/h2*4-13,19H,3H2,1-2H3. The zero-order valence-corrected chi connectivity index (χ0v) is 32.9. The van der Waals surface area contributed by atoms with Gasteiger partial charge in [0.25, 0.3) is 0 Å². The number of rotatable bonds is 12. The average molecular weight is 813 g/mol. The summed E-state index contributed by atoms with van der Waals surface area (Å²) in [7, 11) is 3.53. The molecule has 8 rings (SSSR count). The van der Waals surface area contributed by atoms with Crippen molar-refractivity contribution in [1.29, 1.82) is 0 Å². The minimum Gasteiger partial charge on any atom is -0.491 e. The molecule has 18 heteroatoms. The van der Waals surface area contributed by atoms with Crippen molar-refractivity contribution in [1.82, 2.24) is 59.1 Å². The highest BCUT2D eigenvalue weighted by Crippen LogP contribution is 2.28. The fourth-order valence-electron chi connectivity index (χ4n) is 5.94. The third-order valence-corrected chi connectivity index (χ3v) is 8.82. The summed E-state index contributed by atoms with van der Waals surface area (Å²) in [5, 5.41) is 16.5. The van der Waals surface area contributed by atoms with Crippen molar-refractivity contribution in [2.45, 2.75) is 26.2 Å². The van der Waals surface area contributed by atoms with Crippen LogP contribution < -0.4 is 20.3 Å². The summed E-state index contributed by atoms with van der Waals surface area (Å²) in [6.45, 7) is 4.78. The van der Waals surface area contributed by atoms with Crippen LogP contribution in [0.15, 0.2) is 132 Å². The summed E-state index contributed by atoms with van der Waals surface area (Å²) in [6, 6.07) is 16.0. The minimum absolute atomic E-state index is 0.203. The first-order valence-electron chi connectivity index (χ1n) is 18.7. The molecule has 0 aliphatic heterocycles. The molecule has 0 bridgehead atoms. The second-order valence-corrected chi connectivity index (χ2v) is 13.1. The quantitative estimate of drug-likeness (QED) is 0.146. The molecular formula is C42H38F2N12O4. The molecule has 0 spiro atoms. The van der Waals surface area contributed by atoms with E-state index < -0.39 is 23.2 Å². The number of ether oxygens (including phenoxy) is 2. The van der Waals surface area contributed by atoms with Crippen molar-refractivity contribution < 1.29 is 18.3 Å². The van der Waals surface area contributed by atoms with E-state index in [-0.39, 0.29) is 11.4 Å². The van der Waals surface area contributed by atoms with Crippen LogP contribution in [0.1, 0.15) is 48.7 Å². The summed E-state index contributed by atoms with van der Waals surface area (Å²) in [4.78, 5) is 41.7. The van der Waals surface area contributed by atoms with Gasteiger partial charge in [0.2, 0.25) is 10.9 Å². The third-order valence-electron chi connectivity index (χ3n) is 8.82. The van der Waals surface area contributed by atoms with Crippen molar-refractivity contribution >= 4 is 0 Å². The summed E-state index contributed by atoms with van der Waals surface area (Å²) in [6.07, 6.45) is 12.4. The summed E-state index contributed by atoms with van der Waals surface area (Å²) >= 11 is 0. The van der Waals surface area contributed by atoms with Gasteiger partial charge < -0.3 is 9.47 Å². The number of halogens is 2. The molecule has 2 aromatic carbocycles. The highest BCUT2D eigenvalue weighted by atomic mass is 19.1. The molecule has 0 aliphatic carbocycles. The molecule has 304 valence electrons. The van der Waals surface area contributed by atoms with Gasteiger partial charge in [-0.3, -0.25) is 19.0 Å². The van der Waals surface area contributed by atoms with E-state index in [0.717, 1.165) is 0 Å². The van der Waals surface area contributed by atoms with Crippen molar-refractivity contribution in [2.75, 3.05) is 13.2 Å². The van der Waals surface area contributed by atoms with Gasteiger partial charge in [0, 0.05) is 49.7 Å². The van der Waals surface area contributed by atoms with Gasteiger partial charge >= 0.3 is 0 Å². The van der Waals surface area contributed by atoms with Crippen LogP contribution in [0.25, 0.3) is 34.2 Å². The lowest BCUT2D eigenvalue weighted by atomic mass is 10.0. The molecule has 0 amide bonds. The van der Waals surface area contributed by atoms with Crippen LogP contribution in [0.4, 0.5) is 8.78 Å². The van der Waals surface area contributed by atoms with Gasteiger partial charge in [-0.25, -0.2) is 38.1 Å². The molecule has 0 saturated heterocycles. The Kier molecular flexibility index (Phi) is 12.3. The zero-order chi connectivity index (χ0) is 42.2. The topological polar surface area (TPSA) is 175 Å². The number of aryl methyl sites for hydroxylation is 2. The van der Waals surface area contributed by atoms with Gasteiger partial charge in [0.1, 0.15) is 22.8 Å². The van der Waals surface area contributed by atoms with E-state index in [2.05, 4.69) is 40.3 Å². The maximum absolute atomic E-state index is 15.3. The van der Waals surface area contributed by atoms with Crippen LogP contribution in [0.5, 0.6) is 11.5 Å². The van der Waals surface area contributed by atoms with Gasteiger partial charge in [0.05, 0.1) is 62.8 Å². The Morgan fingerprint density at radius 1 is 0.583 bits per heavy atom. The molecule has 6 aromatic heterocycles. The van der Waals surface area contributed by atoms with E-state index >= 15 is 8.78 Å². The van der Waals surface area contributed by atoms with E-state index in [9.17, 15) is 9.59 Å². The lowest BCUT2D eigenvalue weighted by Crippen LogP contribution is -2.18. The molecule has 0 radical (unpaired) electrons. The number of benzene rings is 2. The number of alkyl halides is 2. The van der Waals surface area contributed by atoms with Gasteiger partial charge in [0.15, 0.2) is 35.5 Å². The van der Waals surface area contributed by atoms with Crippen molar-refractivity contribution in [3.8, 4) is 45.6 Å². The maximum atomic E-state index is 15.3.